The molecule has 8 nitrogen and oxygen atoms in total. The first-order valence-electron chi connectivity index (χ1n) is 9.51. The summed E-state index contributed by atoms with van der Waals surface area (Å²) in [6.07, 6.45) is 9.33. The second-order valence-corrected chi connectivity index (χ2v) is 6.90. The third-order valence-electron chi connectivity index (χ3n) is 4.92. The Bertz CT molecular complexity index is 901. The van der Waals surface area contributed by atoms with E-state index in [1.54, 1.807) is 0 Å². The fourth-order valence-corrected chi connectivity index (χ4v) is 3.52. The molecule has 0 bridgehead atoms. The van der Waals surface area contributed by atoms with E-state index in [-0.39, 0.29) is 0 Å². The lowest BCUT2D eigenvalue weighted by Crippen LogP contribution is -2.34. The van der Waals surface area contributed by atoms with E-state index in [9.17, 15) is 0 Å². The van der Waals surface area contributed by atoms with Crippen molar-refractivity contribution in [3.8, 4) is 0 Å². The van der Waals surface area contributed by atoms with E-state index in [0.29, 0.717) is 17.7 Å². The van der Waals surface area contributed by atoms with Gasteiger partial charge in [-0.15, -0.1) is 0 Å². The van der Waals surface area contributed by atoms with Crippen molar-refractivity contribution >= 4 is 17.6 Å². The highest BCUT2D eigenvalue weighted by Gasteiger charge is 2.23. The summed E-state index contributed by atoms with van der Waals surface area (Å²) in [6.45, 7) is 3.06. The van der Waals surface area contributed by atoms with E-state index in [1.807, 2.05) is 37.8 Å². The molecule has 0 saturated carbocycles. The van der Waals surface area contributed by atoms with Crippen molar-refractivity contribution in [1.82, 2.24) is 29.8 Å². The molecule has 28 heavy (non-hydrogen) atoms. The van der Waals surface area contributed by atoms with E-state index in [1.165, 1.54) is 18.3 Å². The summed E-state index contributed by atoms with van der Waals surface area (Å²) in [5.74, 6) is 2.37. The van der Waals surface area contributed by atoms with Gasteiger partial charge in [0.15, 0.2) is 0 Å². The van der Waals surface area contributed by atoms with Gasteiger partial charge in [-0.1, -0.05) is 0 Å². The molecule has 1 atom stereocenters. The predicted molar refractivity (Wildman–Crippen MR) is 108 cm³/mol. The van der Waals surface area contributed by atoms with Crippen molar-refractivity contribution in [2.45, 2.75) is 25.3 Å². The molecule has 1 aliphatic rings. The van der Waals surface area contributed by atoms with Gasteiger partial charge in [-0.2, -0.15) is 0 Å². The largest absolute Gasteiger partial charge is 0.373 e. The molecule has 0 amide bonds. The van der Waals surface area contributed by atoms with Crippen LogP contribution in [-0.2, 0) is 6.54 Å². The summed E-state index contributed by atoms with van der Waals surface area (Å²) in [6, 6.07) is 8.01. The molecule has 0 unspecified atom stereocenters. The van der Waals surface area contributed by atoms with Crippen LogP contribution in [0.15, 0.2) is 49.2 Å². The van der Waals surface area contributed by atoms with Gasteiger partial charge in [0.25, 0.3) is 0 Å². The van der Waals surface area contributed by atoms with E-state index in [4.69, 9.17) is 4.98 Å². The van der Waals surface area contributed by atoms with Crippen molar-refractivity contribution in [3.63, 3.8) is 0 Å². The second-order valence-electron chi connectivity index (χ2n) is 6.90. The lowest BCUT2D eigenvalue weighted by Gasteiger charge is -2.32. The molecule has 4 heterocycles. The van der Waals surface area contributed by atoms with Gasteiger partial charge in [-0.3, -0.25) is 9.88 Å². The Morgan fingerprint density at radius 1 is 1.07 bits per heavy atom. The first-order chi connectivity index (χ1) is 13.8. The Balaban J connectivity index is 1.44. The van der Waals surface area contributed by atoms with Crippen LogP contribution >= 0.6 is 0 Å². The number of nitrogens with one attached hydrogen (secondary N) is 2. The molecule has 144 valence electrons. The Kier molecular flexibility index (Phi) is 5.67. The van der Waals surface area contributed by atoms with Gasteiger partial charge in [0, 0.05) is 50.7 Å². The van der Waals surface area contributed by atoms with Gasteiger partial charge in [0.05, 0.1) is 5.69 Å². The minimum Gasteiger partial charge on any atom is -0.373 e. The molecule has 1 saturated heterocycles. The maximum absolute atomic E-state index is 4.75. The van der Waals surface area contributed by atoms with Crippen molar-refractivity contribution in [1.29, 1.82) is 0 Å². The molecule has 0 spiro atoms. The van der Waals surface area contributed by atoms with Crippen LogP contribution in [0.2, 0.25) is 0 Å². The van der Waals surface area contributed by atoms with Crippen LogP contribution < -0.4 is 10.6 Å². The van der Waals surface area contributed by atoms with Crippen LogP contribution in [-0.4, -0.2) is 50.0 Å². The SMILES string of the molecule is CNc1cc(Nc2nccc([C@H]3CCCN(Cc4ccncc4)C3)n2)ncn1. The number of aromatic nitrogens is 5. The van der Waals surface area contributed by atoms with Crippen LogP contribution in [0.1, 0.15) is 30.0 Å². The van der Waals surface area contributed by atoms with E-state index in [0.717, 1.165) is 37.6 Å². The summed E-state index contributed by atoms with van der Waals surface area (Å²) >= 11 is 0. The Hall–Kier alpha value is -3.13. The lowest BCUT2D eigenvalue weighted by molar-refractivity contribution is 0.198. The number of likely N-dealkylation sites (tertiary alicyclic amines) is 1. The van der Waals surface area contributed by atoms with Gasteiger partial charge in [0.1, 0.15) is 18.0 Å². The van der Waals surface area contributed by atoms with Crippen LogP contribution in [0.4, 0.5) is 17.6 Å². The monoisotopic (exact) mass is 376 g/mol. The molecule has 0 aromatic carbocycles. The third kappa shape index (κ3) is 4.58. The molecular formula is C20H24N8. The van der Waals surface area contributed by atoms with Gasteiger partial charge in [0.2, 0.25) is 5.95 Å². The van der Waals surface area contributed by atoms with E-state index >= 15 is 0 Å². The van der Waals surface area contributed by atoms with Crippen molar-refractivity contribution in [2.75, 3.05) is 30.8 Å². The van der Waals surface area contributed by atoms with E-state index < -0.39 is 0 Å². The average molecular weight is 376 g/mol. The van der Waals surface area contributed by atoms with Gasteiger partial charge in [-0.25, -0.2) is 19.9 Å². The summed E-state index contributed by atoms with van der Waals surface area (Å²) in [4.78, 5) is 24.0. The summed E-state index contributed by atoms with van der Waals surface area (Å²) in [5.41, 5.74) is 2.37. The highest BCUT2D eigenvalue weighted by Crippen LogP contribution is 2.27. The summed E-state index contributed by atoms with van der Waals surface area (Å²) in [5, 5.41) is 6.17. The van der Waals surface area contributed by atoms with Gasteiger partial charge >= 0.3 is 0 Å². The Labute approximate surface area is 164 Å². The molecule has 2 N–H and O–H groups in total. The molecule has 8 heteroatoms. The Morgan fingerprint density at radius 3 is 2.79 bits per heavy atom. The third-order valence-corrected chi connectivity index (χ3v) is 4.92. The molecule has 3 aromatic heterocycles. The maximum Gasteiger partial charge on any atom is 0.228 e. The lowest BCUT2D eigenvalue weighted by atomic mass is 9.94. The van der Waals surface area contributed by atoms with Gasteiger partial charge in [-0.05, 0) is 43.1 Å². The number of nitrogens with zero attached hydrogens (tertiary/aromatic N) is 6. The van der Waals surface area contributed by atoms with Crippen LogP contribution in [0.3, 0.4) is 0 Å². The maximum atomic E-state index is 4.75. The molecule has 1 aliphatic heterocycles. The molecule has 1 fully saturated rings. The number of rotatable bonds is 6. The molecule has 0 aliphatic carbocycles. The highest BCUT2D eigenvalue weighted by molar-refractivity contribution is 5.52. The number of pyridine rings is 1. The molecule has 0 radical (unpaired) electrons. The normalized spacial score (nSPS) is 17.2. The first-order valence-corrected chi connectivity index (χ1v) is 9.51. The van der Waals surface area contributed by atoms with Crippen LogP contribution in [0.25, 0.3) is 0 Å². The fraction of sp³-hybridized carbons (Fsp3) is 0.350. The summed E-state index contributed by atoms with van der Waals surface area (Å²) < 4.78 is 0. The predicted octanol–water partition coefficient (Wildman–Crippen LogP) is 2.83. The quantitative estimate of drug-likeness (QED) is 0.679. The second kappa shape index (κ2) is 8.71. The standard InChI is InChI=1S/C20H24N8/c1-21-18-11-19(25-14-24-18)27-20-23-9-6-17(26-20)16-3-2-10-28(13-16)12-15-4-7-22-8-5-15/h4-9,11,14,16H,2-3,10,12-13H2,1H3,(H2,21,23,24,25,26,27)/t16-/m0/s1. The average Bonchev–Trinajstić information content (AvgIpc) is 2.75. The van der Waals surface area contributed by atoms with Crippen molar-refractivity contribution < 1.29 is 0 Å². The van der Waals surface area contributed by atoms with Crippen molar-refractivity contribution in [3.05, 3.63) is 60.4 Å². The smallest absolute Gasteiger partial charge is 0.228 e. The van der Waals surface area contributed by atoms with Crippen LogP contribution in [0.5, 0.6) is 0 Å². The zero-order chi connectivity index (χ0) is 19.2. The fourth-order valence-electron chi connectivity index (χ4n) is 3.52. The van der Waals surface area contributed by atoms with Crippen molar-refractivity contribution in [2.24, 2.45) is 0 Å². The number of hydrogen-bond donors (Lipinski definition) is 2. The van der Waals surface area contributed by atoms with Gasteiger partial charge < -0.3 is 10.6 Å². The molecule has 3 aromatic rings. The number of piperidine rings is 1. The minimum absolute atomic E-state index is 0.400. The number of hydrogen-bond acceptors (Lipinski definition) is 8. The minimum atomic E-state index is 0.400. The zero-order valence-corrected chi connectivity index (χ0v) is 15.9. The zero-order valence-electron chi connectivity index (χ0n) is 15.9. The Morgan fingerprint density at radius 2 is 1.93 bits per heavy atom. The number of anilines is 3. The first kappa shape index (κ1) is 18.2. The van der Waals surface area contributed by atoms with Crippen LogP contribution in [0, 0.1) is 0 Å². The molecule has 4 rings (SSSR count). The molecular weight excluding hydrogens is 352 g/mol. The van der Waals surface area contributed by atoms with E-state index in [2.05, 4.69) is 47.6 Å². The topological polar surface area (TPSA) is 91.8 Å². The summed E-state index contributed by atoms with van der Waals surface area (Å²) in [7, 11) is 1.82. The highest BCUT2D eigenvalue weighted by atomic mass is 15.2.